The molecule has 96 valence electrons. The van der Waals surface area contributed by atoms with Crippen LogP contribution in [0, 0.1) is 0 Å². The van der Waals surface area contributed by atoms with Crippen molar-refractivity contribution >= 4 is 5.91 Å². The predicted octanol–water partition coefficient (Wildman–Crippen LogP) is -0.163. The molecule has 0 saturated carbocycles. The van der Waals surface area contributed by atoms with Crippen LogP contribution in [0.4, 0.5) is 0 Å². The summed E-state index contributed by atoms with van der Waals surface area (Å²) in [6.07, 6.45) is 6.70. The van der Waals surface area contributed by atoms with Gasteiger partial charge in [-0.2, -0.15) is 0 Å². The summed E-state index contributed by atoms with van der Waals surface area (Å²) in [5.41, 5.74) is 5.85. The second-order valence-electron chi connectivity index (χ2n) is 3.98. The van der Waals surface area contributed by atoms with Crippen LogP contribution < -0.4 is 5.73 Å². The first-order chi connectivity index (χ1) is 8.70. The lowest BCUT2D eigenvalue weighted by molar-refractivity contribution is 0.0776. The first-order valence-electron chi connectivity index (χ1n) is 5.66. The van der Waals surface area contributed by atoms with Crippen LogP contribution in [0.3, 0.4) is 0 Å². The van der Waals surface area contributed by atoms with Crippen LogP contribution in [0.2, 0.25) is 0 Å². The number of nitrogens with zero attached hydrogens (tertiary/aromatic N) is 4. The SMILES string of the molecule is CN(Cc1ncc[nH]1)C(=O)c1cn(CCN)cn1. The van der Waals surface area contributed by atoms with Crippen molar-refractivity contribution in [2.24, 2.45) is 5.73 Å². The van der Waals surface area contributed by atoms with Gasteiger partial charge in [0.25, 0.3) is 5.91 Å². The Bertz CT molecular complexity index is 503. The van der Waals surface area contributed by atoms with E-state index in [-0.39, 0.29) is 5.91 Å². The van der Waals surface area contributed by atoms with Crippen molar-refractivity contribution in [3.05, 3.63) is 36.4 Å². The number of aromatic nitrogens is 4. The van der Waals surface area contributed by atoms with Gasteiger partial charge >= 0.3 is 0 Å². The van der Waals surface area contributed by atoms with Gasteiger partial charge in [0.2, 0.25) is 0 Å². The highest BCUT2D eigenvalue weighted by Crippen LogP contribution is 2.04. The van der Waals surface area contributed by atoms with Gasteiger partial charge in [0.15, 0.2) is 0 Å². The van der Waals surface area contributed by atoms with Gasteiger partial charge in [0.1, 0.15) is 11.5 Å². The summed E-state index contributed by atoms with van der Waals surface area (Å²) in [6.45, 7) is 1.60. The molecule has 18 heavy (non-hydrogen) atoms. The fraction of sp³-hybridized carbons (Fsp3) is 0.364. The minimum atomic E-state index is -0.137. The first kappa shape index (κ1) is 12.3. The molecule has 7 heteroatoms. The Kier molecular flexibility index (Phi) is 3.73. The Hall–Kier alpha value is -2.15. The van der Waals surface area contributed by atoms with Crippen LogP contribution in [0.5, 0.6) is 0 Å². The van der Waals surface area contributed by atoms with Gasteiger partial charge in [-0.15, -0.1) is 0 Å². The highest BCUT2D eigenvalue weighted by atomic mass is 16.2. The molecule has 2 aromatic rings. The maximum atomic E-state index is 12.1. The van der Waals surface area contributed by atoms with E-state index in [9.17, 15) is 4.79 Å². The van der Waals surface area contributed by atoms with Gasteiger partial charge in [0, 0.05) is 38.7 Å². The minimum Gasteiger partial charge on any atom is -0.347 e. The molecule has 0 aromatic carbocycles. The van der Waals surface area contributed by atoms with Crippen molar-refractivity contribution < 1.29 is 4.79 Å². The monoisotopic (exact) mass is 248 g/mol. The molecule has 0 saturated heterocycles. The summed E-state index contributed by atoms with van der Waals surface area (Å²) in [7, 11) is 1.72. The van der Waals surface area contributed by atoms with E-state index < -0.39 is 0 Å². The number of aromatic amines is 1. The third-order valence-electron chi connectivity index (χ3n) is 2.53. The van der Waals surface area contributed by atoms with E-state index in [0.29, 0.717) is 25.3 Å². The van der Waals surface area contributed by atoms with Crippen molar-refractivity contribution in [2.45, 2.75) is 13.1 Å². The highest BCUT2D eigenvalue weighted by Gasteiger charge is 2.15. The lowest BCUT2D eigenvalue weighted by Gasteiger charge is -2.13. The molecule has 2 heterocycles. The number of amides is 1. The molecule has 0 aliphatic carbocycles. The minimum absolute atomic E-state index is 0.137. The molecular weight excluding hydrogens is 232 g/mol. The van der Waals surface area contributed by atoms with E-state index in [2.05, 4.69) is 15.0 Å². The molecule has 0 unspecified atom stereocenters. The largest absolute Gasteiger partial charge is 0.347 e. The second-order valence-corrected chi connectivity index (χ2v) is 3.98. The molecule has 0 atom stereocenters. The predicted molar refractivity (Wildman–Crippen MR) is 65.7 cm³/mol. The van der Waals surface area contributed by atoms with Crippen molar-refractivity contribution in [3.63, 3.8) is 0 Å². The molecule has 0 bridgehead atoms. The van der Waals surface area contributed by atoms with E-state index in [4.69, 9.17) is 5.73 Å². The Labute approximate surface area is 105 Å². The van der Waals surface area contributed by atoms with E-state index in [0.717, 1.165) is 5.82 Å². The van der Waals surface area contributed by atoms with Crippen molar-refractivity contribution in [3.8, 4) is 0 Å². The zero-order valence-corrected chi connectivity index (χ0v) is 10.2. The van der Waals surface area contributed by atoms with Gasteiger partial charge in [-0.25, -0.2) is 9.97 Å². The van der Waals surface area contributed by atoms with Crippen molar-refractivity contribution in [2.75, 3.05) is 13.6 Å². The Balaban J connectivity index is 2.01. The molecule has 2 rings (SSSR count). The Morgan fingerprint density at radius 2 is 2.39 bits per heavy atom. The van der Waals surface area contributed by atoms with Gasteiger partial charge in [0.05, 0.1) is 12.9 Å². The van der Waals surface area contributed by atoms with Crippen molar-refractivity contribution in [1.82, 2.24) is 24.4 Å². The van der Waals surface area contributed by atoms with Gasteiger partial charge in [-0.3, -0.25) is 4.79 Å². The lowest BCUT2D eigenvalue weighted by Crippen LogP contribution is -2.27. The van der Waals surface area contributed by atoms with Gasteiger partial charge < -0.3 is 20.2 Å². The Morgan fingerprint density at radius 1 is 1.56 bits per heavy atom. The fourth-order valence-electron chi connectivity index (χ4n) is 1.62. The normalized spacial score (nSPS) is 10.6. The average Bonchev–Trinajstić information content (AvgIpc) is 3.00. The number of hydrogen-bond donors (Lipinski definition) is 2. The fourth-order valence-corrected chi connectivity index (χ4v) is 1.62. The summed E-state index contributed by atoms with van der Waals surface area (Å²) in [6, 6.07) is 0. The number of carbonyl (C=O) groups excluding carboxylic acids is 1. The lowest BCUT2D eigenvalue weighted by atomic mass is 10.4. The van der Waals surface area contributed by atoms with Gasteiger partial charge in [-0.05, 0) is 0 Å². The molecule has 2 aromatic heterocycles. The number of rotatable bonds is 5. The zero-order valence-electron chi connectivity index (χ0n) is 10.2. The standard InChI is InChI=1S/C11H16N6O/c1-16(7-10-13-3-4-14-10)11(18)9-6-17(5-2-12)8-15-9/h3-4,6,8H,2,5,7,12H2,1H3,(H,13,14). The number of nitrogens with one attached hydrogen (secondary N) is 1. The summed E-state index contributed by atoms with van der Waals surface area (Å²) in [5.74, 6) is 0.606. The van der Waals surface area contributed by atoms with Crippen LogP contribution in [0.25, 0.3) is 0 Å². The number of hydrogen-bond acceptors (Lipinski definition) is 4. The molecule has 1 amide bonds. The molecular formula is C11H16N6O. The number of nitrogens with two attached hydrogens (primary N) is 1. The summed E-state index contributed by atoms with van der Waals surface area (Å²) < 4.78 is 1.80. The summed E-state index contributed by atoms with van der Waals surface area (Å²) in [5, 5.41) is 0. The highest BCUT2D eigenvalue weighted by molar-refractivity contribution is 5.91. The zero-order chi connectivity index (χ0) is 13.0. The molecule has 0 aliphatic rings. The van der Waals surface area contributed by atoms with Crippen LogP contribution in [-0.4, -0.2) is 43.9 Å². The van der Waals surface area contributed by atoms with Crippen LogP contribution in [0.1, 0.15) is 16.3 Å². The third kappa shape index (κ3) is 2.75. The molecule has 7 nitrogen and oxygen atoms in total. The quantitative estimate of drug-likeness (QED) is 0.768. The van der Waals surface area contributed by atoms with Crippen molar-refractivity contribution in [1.29, 1.82) is 0 Å². The Morgan fingerprint density at radius 3 is 3.06 bits per heavy atom. The summed E-state index contributed by atoms with van der Waals surface area (Å²) >= 11 is 0. The smallest absolute Gasteiger partial charge is 0.274 e. The molecule has 0 fully saturated rings. The van der Waals surface area contributed by atoms with Crippen LogP contribution in [0.15, 0.2) is 24.9 Å². The topological polar surface area (TPSA) is 92.8 Å². The van der Waals surface area contributed by atoms with E-state index in [1.54, 1.807) is 41.4 Å². The molecule has 0 aliphatic heterocycles. The summed E-state index contributed by atoms with van der Waals surface area (Å²) in [4.78, 5) is 24.7. The number of imidazole rings is 2. The number of carbonyl (C=O) groups is 1. The van der Waals surface area contributed by atoms with Crippen LogP contribution in [-0.2, 0) is 13.1 Å². The molecule has 0 radical (unpaired) electrons. The van der Waals surface area contributed by atoms with E-state index in [1.807, 2.05) is 0 Å². The van der Waals surface area contributed by atoms with Crippen LogP contribution >= 0.6 is 0 Å². The second kappa shape index (κ2) is 5.46. The van der Waals surface area contributed by atoms with E-state index in [1.165, 1.54) is 0 Å². The average molecular weight is 248 g/mol. The molecule has 0 spiro atoms. The third-order valence-corrected chi connectivity index (χ3v) is 2.53. The molecule has 3 N–H and O–H groups in total. The maximum Gasteiger partial charge on any atom is 0.274 e. The maximum absolute atomic E-state index is 12.1. The van der Waals surface area contributed by atoms with E-state index >= 15 is 0 Å². The number of H-pyrrole nitrogens is 1. The first-order valence-corrected chi connectivity index (χ1v) is 5.66. The van der Waals surface area contributed by atoms with Gasteiger partial charge in [-0.1, -0.05) is 0 Å².